The zero-order valence-electron chi connectivity index (χ0n) is 19.7. The highest BCUT2D eigenvalue weighted by Crippen LogP contribution is 2.34. The van der Waals surface area contributed by atoms with Gasteiger partial charge in [-0.2, -0.15) is 5.26 Å². The second kappa shape index (κ2) is 10.8. The number of H-pyrrole nitrogens is 1. The molecule has 3 unspecified atom stereocenters. The van der Waals surface area contributed by atoms with Gasteiger partial charge in [0.2, 0.25) is 0 Å². The monoisotopic (exact) mass is 449 g/mol. The molecule has 1 N–H and O–H groups in total. The van der Waals surface area contributed by atoms with E-state index in [2.05, 4.69) is 34.8 Å². The average molecular weight is 450 g/mol. The smallest absolute Gasteiger partial charge is 0.409 e. The summed E-state index contributed by atoms with van der Waals surface area (Å²) in [4.78, 5) is 24.5. The molecule has 7 nitrogen and oxygen atoms in total. The molecule has 1 amide bonds. The minimum absolute atomic E-state index is 0.141. The number of ether oxygens (including phenoxy) is 1. The Morgan fingerprint density at radius 2 is 1.88 bits per heavy atom. The Hall–Kier alpha value is -2.85. The van der Waals surface area contributed by atoms with E-state index in [9.17, 15) is 4.79 Å². The Bertz CT molecular complexity index is 919. The van der Waals surface area contributed by atoms with Gasteiger partial charge in [-0.15, -0.1) is 0 Å². The van der Waals surface area contributed by atoms with Gasteiger partial charge in [0.1, 0.15) is 0 Å². The molecule has 1 aromatic carbocycles. The molecule has 0 radical (unpaired) electrons. The van der Waals surface area contributed by atoms with Crippen molar-refractivity contribution in [1.29, 1.82) is 5.26 Å². The van der Waals surface area contributed by atoms with Crippen molar-refractivity contribution in [2.75, 3.05) is 32.8 Å². The van der Waals surface area contributed by atoms with Crippen LogP contribution in [0.1, 0.15) is 56.0 Å². The third-order valence-electron chi connectivity index (χ3n) is 7.58. The van der Waals surface area contributed by atoms with Crippen LogP contribution in [0.4, 0.5) is 4.79 Å². The lowest BCUT2D eigenvalue weighted by molar-refractivity contribution is 0.0323. The van der Waals surface area contributed by atoms with E-state index in [1.807, 2.05) is 35.4 Å². The van der Waals surface area contributed by atoms with Gasteiger partial charge >= 0.3 is 6.09 Å². The van der Waals surface area contributed by atoms with Gasteiger partial charge in [-0.1, -0.05) is 45.2 Å². The number of nitrogens with zero attached hydrogens (tertiary/aromatic N) is 4. The molecule has 7 heteroatoms. The molecule has 1 aliphatic carbocycles. The molecule has 2 aliphatic rings. The first-order valence-electron chi connectivity index (χ1n) is 12.2. The van der Waals surface area contributed by atoms with Crippen LogP contribution in [-0.4, -0.2) is 58.6 Å². The Morgan fingerprint density at radius 3 is 2.48 bits per heavy atom. The summed E-state index contributed by atoms with van der Waals surface area (Å²) >= 11 is 0. The number of rotatable bonds is 6. The molecule has 0 spiro atoms. The zero-order chi connectivity index (χ0) is 23.2. The number of aromatic amines is 1. The quantitative estimate of drug-likeness (QED) is 0.707. The minimum atomic E-state index is -0.176. The van der Waals surface area contributed by atoms with Crippen molar-refractivity contribution in [3.05, 3.63) is 53.6 Å². The van der Waals surface area contributed by atoms with E-state index in [1.54, 1.807) is 6.33 Å². The SMILES string of the molecule is CC1CCCC(C)C1COC(=O)N1CCN(C(Cc2ccc(C#N)cc2)c2cnc[nH]2)CC1. The third-order valence-corrected chi connectivity index (χ3v) is 7.58. The van der Waals surface area contributed by atoms with Crippen LogP contribution in [0.25, 0.3) is 0 Å². The number of piperazine rings is 1. The summed E-state index contributed by atoms with van der Waals surface area (Å²) in [6.45, 7) is 8.00. The molecule has 176 valence electrons. The fourth-order valence-corrected chi connectivity index (χ4v) is 5.38. The zero-order valence-corrected chi connectivity index (χ0v) is 19.7. The van der Waals surface area contributed by atoms with Crippen LogP contribution in [0.15, 0.2) is 36.8 Å². The van der Waals surface area contributed by atoms with Crippen LogP contribution in [0, 0.1) is 29.1 Å². The van der Waals surface area contributed by atoms with E-state index in [0.717, 1.165) is 25.2 Å². The highest BCUT2D eigenvalue weighted by molar-refractivity contribution is 5.67. The van der Waals surface area contributed by atoms with E-state index in [0.29, 0.717) is 43.0 Å². The number of imidazole rings is 1. The molecule has 2 heterocycles. The number of benzene rings is 1. The number of carbonyl (C=O) groups is 1. The van der Waals surface area contributed by atoms with Crippen molar-refractivity contribution in [2.45, 2.75) is 45.6 Å². The van der Waals surface area contributed by atoms with Gasteiger partial charge in [-0.05, 0) is 41.9 Å². The largest absolute Gasteiger partial charge is 0.449 e. The van der Waals surface area contributed by atoms with Crippen molar-refractivity contribution in [3.8, 4) is 6.07 Å². The van der Waals surface area contributed by atoms with Gasteiger partial charge < -0.3 is 14.6 Å². The molecular formula is C26H35N5O2. The predicted molar refractivity (Wildman–Crippen MR) is 126 cm³/mol. The molecule has 2 fully saturated rings. The standard InChI is InChI=1S/C26H35N5O2/c1-19-4-3-5-20(2)23(19)17-33-26(32)31-12-10-30(11-13-31)25(24-16-28-18-29-24)14-21-6-8-22(15-27)9-7-21/h6-9,16,18-20,23,25H,3-5,10-14,17H2,1-2H3,(H,28,29). The van der Waals surface area contributed by atoms with E-state index < -0.39 is 0 Å². The molecule has 1 aliphatic heterocycles. The molecule has 3 atom stereocenters. The molecule has 1 saturated carbocycles. The van der Waals surface area contributed by atoms with Gasteiger partial charge in [0.25, 0.3) is 0 Å². The Labute approximate surface area is 196 Å². The molecule has 1 saturated heterocycles. The second-order valence-corrected chi connectivity index (χ2v) is 9.68. The Balaban J connectivity index is 1.33. The lowest BCUT2D eigenvalue weighted by Crippen LogP contribution is -2.50. The number of aromatic nitrogens is 2. The lowest BCUT2D eigenvalue weighted by Gasteiger charge is -2.39. The van der Waals surface area contributed by atoms with Crippen molar-refractivity contribution in [1.82, 2.24) is 19.8 Å². The number of amides is 1. The van der Waals surface area contributed by atoms with Crippen molar-refractivity contribution >= 4 is 6.09 Å². The van der Waals surface area contributed by atoms with Gasteiger partial charge in [-0.25, -0.2) is 9.78 Å². The Kier molecular flexibility index (Phi) is 7.66. The number of carbonyl (C=O) groups excluding carboxylic acids is 1. The Morgan fingerprint density at radius 1 is 1.18 bits per heavy atom. The maximum absolute atomic E-state index is 12.8. The van der Waals surface area contributed by atoms with Gasteiger partial charge in [0.15, 0.2) is 0 Å². The maximum atomic E-state index is 12.8. The van der Waals surface area contributed by atoms with E-state index in [-0.39, 0.29) is 12.1 Å². The molecule has 2 aromatic rings. The van der Waals surface area contributed by atoms with E-state index in [4.69, 9.17) is 10.00 Å². The van der Waals surface area contributed by atoms with Crippen LogP contribution >= 0.6 is 0 Å². The number of nitriles is 1. The van der Waals surface area contributed by atoms with E-state index >= 15 is 0 Å². The second-order valence-electron chi connectivity index (χ2n) is 9.68. The van der Waals surface area contributed by atoms with Crippen molar-refractivity contribution in [2.24, 2.45) is 17.8 Å². The summed E-state index contributed by atoms with van der Waals surface area (Å²) in [5, 5.41) is 9.06. The van der Waals surface area contributed by atoms with Crippen molar-refractivity contribution < 1.29 is 9.53 Å². The number of hydrogen-bond acceptors (Lipinski definition) is 5. The molecule has 33 heavy (non-hydrogen) atoms. The molecular weight excluding hydrogens is 414 g/mol. The average Bonchev–Trinajstić information content (AvgIpc) is 3.37. The summed E-state index contributed by atoms with van der Waals surface area (Å²) in [6, 6.07) is 10.1. The third kappa shape index (κ3) is 5.75. The summed E-state index contributed by atoms with van der Waals surface area (Å²) in [7, 11) is 0. The highest BCUT2D eigenvalue weighted by Gasteiger charge is 2.31. The van der Waals surface area contributed by atoms with Crippen LogP contribution in [0.5, 0.6) is 0 Å². The van der Waals surface area contributed by atoms with Crippen LogP contribution in [0.3, 0.4) is 0 Å². The van der Waals surface area contributed by atoms with Gasteiger partial charge in [-0.3, -0.25) is 4.90 Å². The first-order chi connectivity index (χ1) is 16.0. The summed E-state index contributed by atoms with van der Waals surface area (Å²) < 4.78 is 5.77. The van der Waals surface area contributed by atoms with Crippen LogP contribution in [-0.2, 0) is 11.2 Å². The summed E-state index contributed by atoms with van der Waals surface area (Å²) in [6.07, 6.45) is 7.98. The fraction of sp³-hybridized carbons (Fsp3) is 0.577. The van der Waals surface area contributed by atoms with Crippen LogP contribution < -0.4 is 0 Å². The maximum Gasteiger partial charge on any atom is 0.409 e. The lowest BCUT2D eigenvalue weighted by atomic mass is 9.74. The van der Waals surface area contributed by atoms with E-state index in [1.165, 1.54) is 24.8 Å². The highest BCUT2D eigenvalue weighted by atomic mass is 16.6. The van der Waals surface area contributed by atoms with Crippen molar-refractivity contribution in [3.63, 3.8) is 0 Å². The van der Waals surface area contributed by atoms with Crippen LogP contribution in [0.2, 0.25) is 0 Å². The molecule has 1 aromatic heterocycles. The topological polar surface area (TPSA) is 85.2 Å². The molecule has 4 rings (SSSR count). The van der Waals surface area contributed by atoms with Gasteiger partial charge in [0, 0.05) is 32.4 Å². The normalized spacial score (nSPS) is 24.8. The van der Waals surface area contributed by atoms with Gasteiger partial charge in [0.05, 0.1) is 36.3 Å². The summed E-state index contributed by atoms with van der Waals surface area (Å²) in [5.74, 6) is 1.72. The summed E-state index contributed by atoms with van der Waals surface area (Å²) in [5.41, 5.74) is 2.91. The minimum Gasteiger partial charge on any atom is -0.449 e. The number of nitrogens with one attached hydrogen (secondary N) is 1. The number of hydrogen-bond donors (Lipinski definition) is 1. The molecule has 0 bridgehead atoms. The fourth-order valence-electron chi connectivity index (χ4n) is 5.38. The first-order valence-corrected chi connectivity index (χ1v) is 12.2. The predicted octanol–water partition coefficient (Wildman–Crippen LogP) is 4.39. The first kappa shape index (κ1) is 23.3.